The van der Waals surface area contributed by atoms with Gasteiger partial charge >= 0.3 is 0 Å². The van der Waals surface area contributed by atoms with E-state index in [-0.39, 0.29) is 12.2 Å². The van der Waals surface area contributed by atoms with E-state index in [4.69, 9.17) is 11.6 Å². The van der Waals surface area contributed by atoms with Crippen molar-refractivity contribution in [2.45, 2.75) is 18.2 Å². The Morgan fingerprint density at radius 1 is 0.966 bits per heavy atom. The van der Waals surface area contributed by atoms with Crippen LogP contribution in [0.2, 0.25) is 5.02 Å². The first-order chi connectivity index (χ1) is 14.3. The third-order valence-electron chi connectivity index (χ3n) is 6.18. The topological polar surface area (TPSA) is 30.5 Å². The molecule has 0 aromatic heterocycles. The fraction of sp³-hybridized carbons (Fsp3) is 0.333. The fourth-order valence-corrected chi connectivity index (χ4v) is 4.76. The van der Waals surface area contributed by atoms with Gasteiger partial charge in [0.1, 0.15) is 0 Å². The van der Waals surface area contributed by atoms with Gasteiger partial charge in [-0.25, -0.2) is 0 Å². The summed E-state index contributed by atoms with van der Waals surface area (Å²) < 4.78 is 0. The highest BCUT2D eigenvalue weighted by molar-refractivity contribution is 6.30. The summed E-state index contributed by atoms with van der Waals surface area (Å²) in [5.41, 5.74) is 3.83. The van der Waals surface area contributed by atoms with Crippen LogP contribution in [0.4, 0.5) is 0 Å². The van der Waals surface area contributed by atoms with Crippen molar-refractivity contribution in [3.8, 4) is 0 Å². The lowest BCUT2D eigenvalue weighted by molar-refractivity contribution is 0.172. The van der Waals surface area contributed by atoms with Crippen molar-refractivity contribution in [3.05, 3.63) is 89.1 Å². The van der Waals surface area contributed by atoms with Crippen LogP contribution in [0.3, 0.4) is 0 Å². The third-order valence-corrected chi connectivity index (χ3v) is 6.43. The Morgan fingerprint density at radius 2 is 1.72 bits per heavy atom. The van der Waals surface area contributed by atoms with E-state index >= 15 is 0 Å². The maximum absolute atomic E-state index is 6.15. The summed E-state index contributed by atoms with van der Waals surface area (Å²) in [7, 11) is 0. The average Bonchev–Trinajstić information content (AvgIpc) is 3.13. The van der Waals surface area contributed by atoms with Crippen molar-refractivity contribution < 1.29 is 0 Å². The van der Waals surface area contributed by atoms with E-state index in [0.29, 0.717) is 6.04 Å². The van der Waals surface area contributed by atoms with Crippen molar-refractivity contribution in [1.29, 1.82) is 0 Å². The molecule has 0 radical (unpaired) electrons. The molecule has 3 heterocycles. The highest BCUT2D eigenvalue weighted by atomic mass is 35.5. The minimum atomic E-state index is 0.219. The van der Waals surface area contributed by atoms with Crippen molar-refractivity contribution in [3.63, 3.8) is 0 Å². The first kappa shape index (κ1) is 18.9. The molecule has 0 amide bonds. The lowest BCUT2D eigenvalue weighted by Crippen LogP contribution is -2.49. The molecule has 3 aliphatic heterocycles. The van der Waals surface area contributed by atoms with Crippen LogP contribution < -0.4 is 10.6 Å². The first-order valence-corrected chi connectivity index (χ1v) is 10.8. The van der Waals surface area contributed by atoms with Gasteiger partial charge in [0.2, 0.25) is 0 Å². The average molecular weight is 407 g/mol. The summed E-state index contributed by atoms with van der Waals surface area (Å²) in [5.74, 6) is 0. The summed E-state index contributed by atoms with van der Waals surface area (Å²) in [6, 6.07) is 19.6. The van der Waals surface area contributed by atoms with Crippen LogP contribution >= 0.6 is 11.6 Å². The summed E-state index contributed by atoms with van der Waals surface area (Å²) in [6.45, 7) is 5.39. The highest BCUT2D eigenvalue weighted by Gasteiger charge is 2.41. The zero-order chi connectivity index (χ0) is 19.6. The molecule has 3 unspecified atom stereocenters. The molecule has 150 valence electrons. The standard InChI is InChI=1S/C24H27ClN4/c25-21-9-6-19(7-10-21)24-22(17-28-14-12-26-13-15-28)29-16-20(8-11-23(29)27-24)18-4-2-1-3-5-18/h1-11,16,22-24,26-27H,12-15,17H2. The normalized spacial score (nSPS) is 27.0. The molecule has 3 aliphatic rings. The largest absolute Gasteiger partial charge is 0.352 e. The number of nitrogens with zero attached hydrogens (tertiary/aromatic N) is 2. The summed E-state index contributed by atoms with van der Waals surface area (Å²) >= 11 is 6.15. The van der Waals surface area contributed by atoms with Crippen molar-refractivity contribution >= 4 is 17.2 Å². The number of benzene rings is 2. The molecule has 5 rings (SSSR count). The van der Waals surface area contributed by atoms with Gasteiger partial charge in [-0.3, -0.25) is 10.2 Å². The van der Waals surface area contributed by atoms with Gasteiger partial charge in [-0.1, -0.05) is 60.1 Å². The number of hydrogen-bond donors (Lipinski definition) is 2. The molecule has 2 saturated heterocycles. The predicted octanol–water partition coefficient (Wildman–Crippen LogP) is 3.50. The second kappa shape index (κ2) is 8.33. The van der Waals surface area contributed by atoms with Gasteiger partial charge in [0.25, 0.3) is 0 Å². The lowest BCUT2D eigenvalue weighted by Gasteiger charge is -2.36. The van der Waals surface area contributed by atoms with E-state index in [2.05, 4.69) is 81.2 Å². The number of piperazine rings is 1. The van der Waals surface area contributed by atoms with Crippen LogP contribution in [0.15, 0.2) is 72.9 Å². The number of nitrogens with one attached hydrogen (secondary N) is 2. The highest BCUT2D eigenvalue weighted by Crippen LogP contribution is 2.35. The van der Waals surface area contributed by atoms with Crippen LogP contribution in [0.1, 0.15) is 17.2 Å². The monoisotopic (exact) mass is 406 g/mol. The molecule has 0 bridgehead atoms. The molecule has 2 fully saturated rings. The number of hydrogen-bond acceptors (Lipinski definition) is 4. The molecule has 2 N–H and O–H groups in total. The minimum Gasteiger partial charge on any atom is -0.352 e. The van der Waals surface area contributed by atoms with E-state index < -0.39 is 0 Å². The molecule has 2 aromatic rings. The van der Waals surface area contributed by atoms with Crippen LogP contribution in [-0.4, -0.2) is 54.7 Å². The zero-order valence-corrected chi connectivity index (χ0v) is 17.2. The Bertz CT molecular complexity index is 887. The molecule has 2 aromatic carbocycles. The second-order valence-corrected chi connectivity index (χ2v) is 8.45. The van der Waals surface area contributed by atoms with Gasteiger partial charge < -0.3 is 10.2 Å². The van der Waals surface area contributed by atoms with Gasteiger partial charge in [0.15, 0.2) is 0 Å². The van der Waals surface area contributed by atoms with Crippen molar-refractivity contribution in [2.75, 3.05) is 32.7 Å². The van der Waals surface area contributed by atoms with Gasteiger partial charge in [-0.05, 0) is 34.9 Å². The van der Waals surface area contributed by atoms with Crippen LogP contribution in [-0.2, 0) is 0 Å². The Balaban J connectivity index is 1.46. The molecule has 0 aliphatic carbocycles. The molecule has 5 heteroatoms. The molecule has 29 heavy (non-hydrogen) atoms. The second-order valence-electron chi connectivity index (χ2n) is 8.02. The smallest absolute Gasteiger partial charge is 0.0994 e. The number of rotatable bonds is 4. The third kappa shape index (κ3) is 3.99. The predicted molar refractivity (Wildman–Crippen MR) is 120 cm³/mol. The number of fused-ring (bicyclic) bond motifs is 1. The quantitative estimate of drug-likeness (QED) is 0.813. The Hall–Kier alpha value is -2.11. The van der Waals surface area contributed by atoms with Crippen molar-refractivity contribution in [1.82, 2.24) is 20.4 Å². The van der Waals surface area contributed by atoms with Gasteiger partial charge in [-0.15, -0.1) is 0 Å². The van der Waals surface area contributed by atoms with Gasteiger partial charge in [0, 0.05) is 43.9 Å². The van der Waals surface area contributed by atoms with Crippen LogP contribution in [0, 0.1) is 0 Å². The Morgan fingerprint density at radius 3 is 2.48 bits per heavy atom. The van der Waals surface area contributed by atoms with Crippen LogP contribution in [0.25, 0.3) is 5.57 Å². The maximum Gasteiger partial charge on any atom is 0.0994 e. The van der Waals surface area contributed by atoms with Crippen LogP contribution in [0.5, 0.6) is 0 Å². The molecule has 0 spiro atoms. The van der Waals surface area contributed by atoms with Gasteiger partial charge in [0.05, 0.1) is 18.2 Å². The minimum absolute atomic E-state index is 0.219. The SMILES string of the molecule is Clc1ccc(C2NC3C=CC(c4ccccc4)=CN3C2CN2CCNCC2)cc1. The summed E-state index contributed by atoms with van der Waals surface area (Å²) in [5, 5.41) is 8.10. The van der Waals surface area contributed by atoms with E-state index in [0.717, 1.165) is 37.7 Å². The Labute approximate surface area is 177 Å². The van der Waals surface area contributed by atoms with E-state index in [9.17, 15) is 0 Å². The molecule has 4 nitrogen and oxygen atoms in total. The molecule has 0 saturated carbocycles. The van der Waals surface area contributed by atoms with E-state index in [1.807, 2.05) is 12.1 Å². The number of allylic oxidation sites excluding steroid dienone is 2. The van der Waals surface area contributed by atoms with E-state index in [1.54, 1.807) is 0 Å². The fourth-order valence-electron chi connectivity index (χ4n) is 4.64. The zero-order valence-electron chi connectivity index (χ0n) is 16.5. The molecular formula is C24H27ClN4. The maximum atomic E-state index is 6.15. The number of halogens is 1. The lowest BCUT2D eigenvalue weighted by atomic mass is 9.98. The van der Waals surface area contributed by atoms with E-state index in [1.165, 1.54) is 16.7 Å². The van der Waals surface area contributed by atoms with Gasteiger partial charge in [-0.2, -0.15) is 0 Å². The van der Waals surface area contributed by atoms with Crippen molar-refractivity contribution in [2.24, 2.45) is 0 Å². The Kier molecular flexibility index (Phi) is 5.42. The summed E-state index contributed by atoms with van der Waals surface area (Å²) in [4.78, 5) is 5.10. The molecular weight excluding hydrogens is 380 g/mol. The summed E-state index contributed by atoms with van der Waals surface area (Å²) in [6.07, 6.45) is 7.10. The molecule has 3 atom stereocenters. The first-order valence-electron chi connectivity index (χ1n) is 10.5.